The van der Waals surface area contributed by atoms with E-state index >= 15 is 0 Å². The van der Waals surface area contributed by atoms with Gasteiger partial charge in [-0.05, 0) is 30.9 Å². The molecule has 2 saturated heterocycles. The topological polar surface area (TPSA) is 27.3 Å². The second-order valence-electron chi connectivity index (χ2n) is 5.39. The number of piperidine rings is 1. The number of rotatable bonds is 2. The first kappa shape index (κ1) is 12.2. The summed E-state index contributed by atoms with van der Waals surface area (Å²) in [6, 6.07) is 11.0. The molecule has 0 saturated carbocycles. The summed E-state index contributed by atoms with van der Waals surface area (Å²) in [5.41, 5.74) is 1.51. The van der Waals surface area contributed by atoms with Crippen LogP contribution in [0.3, 0.4) is 0 Å². The lowest BCUT2D eigenvalue weighted by atomic mass is 9.88. The van der Waals surface area contributed by atoms with Gasteiger partial charge >= 0.3 is 0 Å². The van der Waals surface area contributed by atoms with Gasteiger partial charge in [0, 0.05) is 26.2 Å². The molecule has 2 unspecified atom stereocenters. The fourth-order valence-corrected chi connectivity index (χ4v) is 3.19. The van der Waals surface area contributed by atoms with Crippen LogP contribution in [0.2, 0.25) is 0 Å². The minimum absolute atomic E-state index is 0.575. The molecule has 2 aliphatic heterocycles. The number of hydrogen-bond donors (Lipinski definition) is 2. The second kappa shape index (κ2) is 5.83. The van der Waals surface area contributed by atoms with E-state index in [1.54, 1.807) is 0 Å². The lowest BCUT2D eigenvalue weighted by molar-refractivity contribution is 0.114. The number of piperazine rings is 1. The molecule has 2 fully saturated rings. The molecule has 3 nitrogen and oxygen atoms in total. The molecule has 0 bridgehead atoms. The van der Waals surface area contributed by atoms with Crippen LogP contribution in [0.1, 0.15) is 24.3 Å². The molecule has 0 spiro atoms. The molecule has 1 aromatic carbocycles. The van der Waals surface area contributed by atoms with Gasteiger partial charge in [0.2, 0.25) is 0 Å². The van der Waals surface area contributed by atoms with Crippen molar-refractivity contribution >= 4 is 0 Å². The molecule has 2 atom stereocenters. The Balaban J connectivity index is 1.64. The monoisotopic (exact) mass is 245 g/mol. The van der Waals surface area contributed by atoms with Crippen LogP contribution in [0.5, 0.6) is 0 Å². The molecule has 2 N–H and O–H groups in total. The van der Waals surface area contributed by atoms with Gasteiger partial charge in [-0.2, -0.15) is 0 Å². The van der Waals surface area contributed by atoms with Crippen LogP contribution >= 0.6 is 0 Å². The molecule has 3 rings (SSSR count). The Labute approximate surface area is 110 Å². The predicted molar refractivity (Wildman–Crippen MR) is 74.7 cm³/mol. The van der Waals surface area contributed by atoms with E-state index in [-0.39, 0.29) is 0 Å². The van der Waals surface area contributed by atoms with E-state index in [0.717, 1.165) is 25.6 Å². The van der Waals surface area contributed by atoms with Gasteiger partial charge in [-0.25, -0.2) is 0 Å². The summed E-state index contributed by atoms with van der Waals surface area (Å²) < 4.78 is 0. The zero-order valence-electron chi connectivity index (χ0n) is 10.9. The smallest absolute Gasteiger partial charge is 0.0603 e. The molecular formula is C15H23N3. The maximum atomic E-state index is 3.69. The van der Waals surface area contributed by atoms with Crippen molar-refractivity contribution in [2.24, 2.45) is 0 Å². The first-order chi connectivity index (χ1) is 8.93. The van der Waals surface area contributed by atoms with Crippen molar-refractivity contribution in [2.75, 3.05) is 32.7 Å². The van der Waals surface area contributed by atoms with Crippen LogP contribution < -0.4 is 10.6 Å². The molecule has 0 amide bonds. The van der Waals surface area contributed by atoms with Gasteiger partial charge in [0.1, 0.15) is 0 Å². The number of nitrogens with one attached hydrogen (secondary N) is 2. The summed E-state index contributed by atoms with van der Waals surface area (Å²) in [5.74, 6) is 0.729. The van der Waals surface area contributed by atoms with E-state index in [9.17, 15) is 0 Å². The number of benzene rings is 1. The first-order valence-corrected chi connectivity index (χ1v) is 7.16. The normalized spacial score (nSPS) is 30.2. The summed E-state index contributed by atoms with van der Waals surface area (Å²) in [4.78, 5) is 2.60. The van der Waals surface area contributed by atoms with E-state index in [0.29, 0.717) is 6.17 Å². The van der Waals surface area contributed by atoms with Gasteiger partial charge in [0.15, 0.2) is 0 Å². The van der Waals surface area contributed by atoms with Crippen LogP contribution in [0, 0.1) is 0 Å². The van der Waals surface area contributed by atoms with Gasteiger partial charge in [-0.3, -0.25) is 4.90 Å². The van der Waals surface area contributed by atoms with Gasteiger partial charge in [0.25, 0.3) is 0 Å². The number of nitrogens with zero attached hydrogens (tertiary/aromatic N) is 1. The SMILES string of the molecule is c1ccc(C2CCNC(N3CCNCC3)C2)cc1. The van der Waals surface area contributed by atoms with E-state index < -0.39 is 0 Å². The Morgan fingerprint density at radius 1 is 1.00 bits per heavy atom. The summed E-state index contributed by atoms with van der Waals surface area (Å²) in [5, 5.41) is 7.11. The molecule has 1 aromatic rings. The molecule has 98 valence electrons. The highest BCUT2D eigenvalue weighted by Crippen LogP contribution is 2.28. The van der Waals surface area contributed by atoms with Crippen molar-refractivity contribution in [3.8, 4) is 0 Å². The minimum atomic E-state index is 0.575. The van der Waals surface area contributed by atoms with Gasteiger partial charge in [-0.1, -0.05) is 30.3 Å². The highest BCUT2D eigenvalue weighted by Gasteiger charge is 2.27. The average Bonchev–Trinajstić information content (AvgIpc) is 2.49. The van der Waals surface area contributed by atoms with E-state index in [1.165, 1.54) is 31.5 Å². The molecule has 0 aliphatic carbocycles. The quantitative estimate of drug-likeness (QED) is 0.824. The molecule has 3 heteroatoms. The second-order valence-corrected chi connectivity index (χ2v) is 5.39. The van der Waals surface area contributed by atoms with Gasteiger partial charge in [-0.15, -0.1) is 0 Å². The van der Waals surface area contributed by atoms with Crippen LogP contribution in [-0.4, -0.2) is 43.8 Å². The van der Waals surface area contributed by atoms with Gasteiger partial charge in [0.05, 0.1) is 6.17 Å². The fraction of sp³-hybridized carbons (Fsp3) is 0.600. The molecular weight excluding hydrogens is 222 g/mol. The Morgan fingerprint density at radius 3 is 2.56 bits per heavy atom. The van der Waals surface area contributed by atoms with Crippen LogP contribution in [0.15, 0.2) is 30.3 Å². The molecule has 18 heavy (non-hydrogen) atoms. The summed E-state index contributed by atoms with van der Waals surface area (Å²) >= 11 is 0. The number of hydrogen-bond acceptors (Lipinski definition) is 3. The average molecular weight is 245 g/mol. The maximum Gasteiger partial charge on any atom is 0.0603 e. The first-order valence-electron chi connectivity index (χ1n) is 7.16. The summed E-state index contributed by atoms with van der Waals surface area (Å²) in [6.45, 7) is 5.77. The largest absolute Gasteiger partial charge is 0.314 e. The summed E-state index contributed by atoms with van der Waals surface area (Å²) in [7, 11) is 0. The van der Waals surface area contributed by atoms with Gasteiger partial charge < -0.3 is 10.6 Å². The van der Waals surface area contributed by atoms with Crippen LogP contribution in [0.25, 0.3) is 0 Å². The minimum Gasteiger partial charge on any atom is -0.314 e. The van der Waals surface area contributed by atoms with Crippen molar-refractivity contribution in [3.63, 3.8) is 0 Å². The third kappa shape index (κ3) is 2.74. The van der Waals surface area contributed by atoms with Crippen LogP contribution in [-0.2, 0) is 0 Å². The van der Waals surface area contributed by atoms with E-state index in [1.807, 2.05) is 0 Å². The molecule has 2 heterocycles. The third-order valence-corrected chi connectivity index (χ3v) is 4.24. The van der Waals surface area contributed by atoms with E-state index in [4.69, 9.17) is 0 Å². The standard InChI is InChI=1S/C15H23N3/c1-2-4-13(5-3-1)14-6-7-17-15(12-14)18-10-8-16-9-11-18/h1-5,14-17H,6-12H2. The fourth-order valence-electron chi connectivity index (χ4n) is 3.19. The molecule has 0 aromatic heterocycles. The Hall–Kier alpha value is -0.900. The molecule has 2 aliphatic rings. The van der Waals surface area contributed by atoms with Crippen molar-refractivity contribution in [1.82, 2.24) is 15.5 Å². The Morgan fingerprint density at radius 2 is 1.78 bits per heavy atom. The highest BCUT2D eigenvalue weighted by molar-refractivity contribution is 5.20. The van der Waals surface area contributed by atoms with Crippen LogP contribution in [0.4, 0.5) is 0 Å². The van der Waals surface area contributed by atoms with Crippen molar-refractivity contribution in [3.05, 3.63) is 35.9 Å². The Bertz CT molecular complexity index is 359. The van der Waals surface area contributed by atoms with E-state index in [2.05, 4.69) is 45.9 Å². The maximum absolute atomic E-state index is 3.69. The zero-order valence-corrected chi connectivity index (χ0v) is 10.9. The molecule has 0 radical (unpaired) electrons. The third-order valence-electron chi connectivity index (χ3n) is 4.24. The zero-order chi connectivity index (χ0) is 12.2. The van der Waals surface area contributed by atoms with Crippen molar-refractivity contribution < 1.29 is 0 Å². The van der Waals surface area contributed by atoms with Crippen molar-refractivity contribution in [1.29, 1.82) is 0 Å². The highest BCUT2D eigenvalue weighted by atomic mass is 15.3. The lowest BCUT2D eigenvalue weighted by Crippen LogP contribution is -2.55. The predicted octanol–water partition coefficient (Wildman–Crippen LogP) is 1.38. The van der Waals surface area contributed by atoms with Crippen molar-refractivity contribution in [2.45, 2.75) is 24.9 Å². The lowest BCUT2D eigenvalue weighted by Gasteiger charge is -2.40. The Kier molecular flexibility index (Phi) is 3.93. The summed E-state index contributed by atoms with van der Waals surface area (Å²) in [6.07, 6.45) is 3.10.